The van der Waals surface area contributed by atoms with Crippen LogP contribution in [0.1, 0.15) is 19.4 Å². The highest BCUT2D eigenvalue weighted by Crippen LogP contribution is 2.06. The third-order valence-corrected chi connectivity index (χ3v) is 2.59. The van der Waals surface area contributed by atoms with E-state index in [1.165, 1.54) is 5.56 Å². The standard InChI is InChI=1S/C16H23NO2/c1-16(2,19-13-12-18)10-7-11-17(3)14-15-8-5-4-6-9-15/h4-6,8-9,18H,11-14H2,1-3H3. The number of hydrogen-bond acceptors (Lipinski definition) is 3. The van der Waals surface area contributed by atoms with Crippen molar-refractivity contribution in [3.8, 4) is 11.8 Å². The number of hydrogen-bond donors (Lipinski definition) is 1. The molecule has 0 unspecified atom stereocenters. The van der Waals surface area contributed by atoms with Crippen LogP contribution in [0.15, 0.2) is 30.3 Å². The van der Waals surface area contributed by atoms with E-state index in [4.69, 9.17) is 9.84 Å². The highest BCUT2D eigenvalue weighted by atomic mass is 16.5. The third kappa shape index (κ3) is 6.97. The van der Waals surface area contributed by atoms with Gasteiger partial charge in [-0.15, -0.1) is 0 Å². The van der Waals surface area contributed by atoms with Crippen LogP contribution in [0.4, 0.5) is 0 Å². The quantitative estimate of drug-likeness (QED) is 0.794. The second-order valence-electron chi connectivity index (χ2n) is 5.04. The molecule has 0 saturated heterocycles. The smallest absolute Gasteiger partial charge is 0.123 e. The molecule has 19 heavy (non-hydrogen) atoms. The van der Waals surface area contributed by atoms with Gasteiger partial charge in [-0.05, 0) is 26.5 Å². The summed E-state index contributed by atoms with van der Waals surface area (Å²) in [6.07, 6.45) is 0. The predicted molar refractivity (Wildman–Crippen MR) is 77.7 cm³/mol. The second-order valence-corrected chi connectivity index (χ2v) is 5.04. The summed E-state index contributed by atoms with van der Waals surface area (Å²) < 4.78 is 5.44. The molecule has 0 aliphatic rings. The number of aliphatic hydroxyl groups excluding tert-OH is 1. The molecule has 1 aromatic carbocycles. The molecule has 1 aromatic rings. The lowest BCUT2D eigenvalue weighted by atomic mass is 10.1. The Morgan fingerprint density at radius 2 is 1.95 bits per heavy atom. The third-order valence-electron chi connectivity index (χ3n) is 2.59. The van der Waals surface area contributed by atoms with E-state index in [2.05, 4.69) is 28.9 Å². The Morgan fingerprint density at radius 1 is 1.26 bits per heavy atom. The molecule has 0 bridgehead atoms. The van der Waals surface area contributed by atoms with Crippen molar-refractivity contribution in [2.24, 2.45) is 0 Å². The summed E-state index contributed by atoms with van der Waals surface area (Å²) in [5.41, 5.74) is 0.777. The fourth-order valence-electron chi connectivity index (χ4n) is 1.68. The largest absolute Gasteiger partial charge is 0.394 e. The van der Waals surface area contributed by atoms with Gasteiger partial charge in [-0.1, -0.05) is 42.2 Å². The van der Waals surface area contributed by atoms with Gasteiger partial charge in [0.15, 0.2) is 0 Å². The van der Waals surface area contributed by atoms with E-state index in [9.17, 15) is 0 Å². The van der Waals surface area contributed by atoms with Gasteiger partial charge in [-0.2, -0.15) is 0 Å². The Kier molecular flexibility index (Phi) is 6.58. The minimum absolute atomic E-state index is 0.0268. The number of ether oxygens (including phenoxy) is 1. The molecular formula is C16H23NO2. The fraction of sp³-hybridized carbons (Fsp3) is 0.500. The maximum Gasteiger partial charge on any atom is 0.123 e. The van der Waals surface area contributed by atoms with Crippen LogP contribution in [-0.2, 0) is 11.3 Å². The number of nitrogens with zero attached hydrogens (tertiary/aromatic N) is 1. The van der Waals surface area contributed by atoms with Gasteiger partial charge in [-0.3, -0.25) is 4.90 Å². The van der Waals surface area contributed by atoms with Gasteiger partial charge in [0, 0.05) is 6.54 Å². The van der Waals surface area contributed by atoms with Gasteiger partial charge >= 0.3 is 0 Å². The summed E-state index contributed by atoms with van der Waals surface area (Å²) in [7, 11) is 2.04. The van der Waals surface area contributed by atoms with E-state index in [1.807, 2.05) is 39.1 Å². The predicted octanol–water partition coefficient (Wildman–Crippen LogP) is 1.91. The van der Waals surface area contributed by atoms with E-state index in [0.717, 1.165) is 6.54 Å². The average Bonchev–Trinajstić information content (AvgIpc) is 2.37. The van der Waals surface area contributed by atoms with E-state index in [-0.39, 0.29) is 6.61 Å². The lowest BCUT2D eigenvalue weighted by Gasteiger charge is -2.18. The summed E-state index contributed by atoms with van der Waals surface area (Å²) in [5, 5.41) is 8.73. The van der Waals surface area contributed by atoms with Gasteiger partial charge in [-0.25, -0.2) is 0 Å². The summed E-state index contributed by atoms with van der Waals surface area (Å²) in [6.45, 7) is 5.74. The molecular weight excluding hydrogens is 238 g/mol. The zero-order valence-corrected chi connectivity index (χ0v) is 12.0. The van der Waals surface area contributed by atoms with Crippen LogP contribution in [-0.4, -0.2) is 42.4 Å². The van der Waals surface area contributed by atoms with Crippen LogP contribution in [0.3, 0.4) is 0 Å². The van der Waals surface area contributed by atoms with E-state index in [1.54, 1.807) is 0 Å². The molecule has 0 atom stereocenters. The molecule has 3 heteroatoms. The maximum atomic E-state index is 8.73. The van der Waals surface area contributed by atoms with Crippen molar-refractivity contribution in [2.75, 3.05) is 26.8 Å². The minimum Gasteiger partial charge on any atom is -0.394 e. The summed E-state index contributed by atoms with van der Waals surface area (Å²) in [5.74, 6) is 6.21. The van der Waals surface area contributed by atoms with Crippen LogP contribution in [0.5, 0.6) is 0 Å². The van der Waals surface area contributed by atoms with Crippen molar-refractivity contribution in [2.45, 2.75) is 26.0 Å². The van der Waals surface area contributed by atoms with Crippen molar-refractivity contribution >= 4 is 0 Å². The lowest BCUT2D eigenvalue weighted by molar-refractivity contribution is 0.00595. The molecule has 0 saturated carbocycles. The molecule has 1 rings (SSSR count). The second kappa shape index (κ2) is 7.96. The topological polar surface area (TPSA) is 32.7 Å². The lowest BCUT2D eigenvalue weighted by Crippen LogP contribution is -2.25. The molecule has 3 nitrogen and oxygen atoms in total. The van der Waals surface area contributed by atoms with Crippen LogP contribution in [0.25, 0.3) is 0 Å². The van der Waals surface area contributed by atoms with Gasteiger partial charge in [0.1, 0.15) is 5.60 Å². The number of rotatable bonds is 6. The maximum absolute atomic E-state index is 8.73. The van der Waals surface area contributed by atoms with Crippen LogP contribution in [0, 0.1) is 11.8 Å². The number of aliphatic hydroxyl groups is 1. The average molecular weight is 261 g/mol. The normalized spacial score (nSPS) is 11.2. The Balaban J connectivity index is 2.40. The first-order valence-corrected chi connectivity index (χ1v) is 6.51. The molecule has 104 valence electrons. The molecule has 0 spiro atoms. The zero-order chi connectivity index (χ0) is 14.1. The van der Waals surface area contributed by atoms with E-state index < -0.39 is 5.60 Å². The Labute approximate surface area is 116 Å². The van der Waals surface area contributed by atoms with Gasteiger partial charge in [0.25, 0.3) is 0 Å². The van der Waals surface area contributed by atoms with Crippen molar-refractivity contribution in [3.63, 3.8) is 0 Å². The first-order valence-electron chi connectivity index (χ1n) is 6.51. The molecule has 0 heterocycles. The molecule has 0 fully saturated rings. The first kappa shape index (κ1) is 15.7. The highest BCUT2D eigenvalue weighted by Gasteiger charge is 2.13. The van der Waals surface area contributed by atoms with Crippen molar-refractivity contribution < 1.29 is 9.84 Å². The van der Waals surface area contributed by atoms with Crippen LogP contribution >= 0.6 is 0 Å². The van der Waals surface area contributed by atoms with E-state index >= 15 is 0 Å². The van der Waals surface area contributed by atoms with Gasteiger partial charge < -0.3 is 9.84 Å². The fourth-order valence-corrected chi connectivity index (χ4v) is 1.68. The van der Waals surface area contributed by atoms with Crippen LogP contribution in [0.2, 0.25) is 0 Å². The summed E-state index contributed by atoms with van der Waals surface area (Å²) in [4.78, 5) is 2.16. The Bertz CT molecular complexity index is 417. The SMILES string of the molecule is CN(CC#CC(C)(C)OCCO)Cc1ccccc1. The monoisotopic (exact) mass is 261 g/mol. The van der Waals surface area contributed by atoms with Crippen molar-refractivity contribution in [1.82, 2.24) is 4.90 Å². The first-order chi connectivity index (χ1) is 9.03. The Morgan fingerprint density at radius 3 is 2.58 bits per heavy atom. The summed E-state index contributed by atoms with van der Waals surface area (Å²) >= 11 is 0. The minimum atomic E-state index is -0.504. The van der Waals surface area contributed by atoms with Gasteiger partial charge in [0.2, 0.25) is 0 Å². The van der Waals surface area contributed by atoms with Gasteiger partial charge in [0.05, 0.1) is 19.8 Å². The number of benzene rings is 1. The molecule has 0 radical (unpaired) electrons. The highest BCUT2D eigenvalue weighted by molar-refractivity contribution is 5.16. The van der Waals surface area contributed by atoms with Crippen molar-refractivity contribution in [1.29, 1.82) is 0 Å². The van der Waals surface area contributed by atoms with Crippen molar-refractivity contribution in [3.05, 3.63) is 35.9 Å². The molecule has 0 amide bonds. The Hall–Kier alpha value is -1.34. The summed E-state index contributed by atoms with van der Waals surface area (Å²) in [6, 6.07) is 10.3. The molecule has 1 N–H and O–H groups in total. The van der Waals surface area contributed by atoms with E-state index in [0.29, 0.717) is 13.2 Å². The zero-order valence-electron chi connectivity index (χ0n) is 12.0. The molecule has 0 aromatic heterocycles. The molecule has 0 aliphatic heterocycles. The molecule has 0 aliphatic carbocycles. The van der Waals surface area contributed by atoms with Crippen LogP contribution < -0.4 is 0 Å².